The molecule has 1 aromatic carbocycles. The molecule has 3 rings (SSSR count). The Labute approximate surface area is 105 Å². The molecule has 1 unspecified atom stereocenters. The molecule has 3 heteroatoms. The van der Waals surface area contributed by atoms with Gasteiger partial charge in [-0.25, -0.2) is 4.98 Å². The molecular weight excluding hydrogens is 230 g/mol. The molecular formula is C14H15NOS. The molecule has 1 aliphatic rings. The lowest BCUT2D eigenvalue weighted by atomic mass is 10.1. The molecule has 2 heterocycles. The number of thioether (sulfide) groups is 1. The molecule has 2 nitrogen and oxygen atoms in total. The number of para-hydroxylation sites is 1. The van der Waals surface area contributed by atoms with Crippen LogP contribution in [0.5, 0.6) is 5.75 Å². The summed E-state index contributed by atoms with van der Waals surface area (Å²) in [4.78, 5) is 6.12. The van der Waals surface area contributed by atoms with E-state index >= 15 is 0 Å². The number of hydrogen-bond donors (Lipinski definition) is 0. The first-order valence-electron chi connectivity index (χ1n) is 5.83. The minimum absolute atomic E-state index is 0.655. The van der Waals surface area contributed by atoms with Crippen LogP contribution in [0.25, 0.3) is 10.9 Å². The van der Waals surface area contributed by atoms with E-state index in [1.165, 1.54) is 15.8 Å². The van der Waals surface area contributed by atoms with Crippen molar-refractivity contribution in [2.24, 2.45) is 0 Å². The Bertz CT molecular complexity index is 594. The van der Waals surface area contributed by atoms with E-state index in [1.54, 1.807) is 7.11 Å². The fourth-order valence-corrected chi connectivity index (χ4v) is 3.77. The number of aryl methyl sites for hydroxylation is 1. The zero-order chi connectivity index (χ0) is 12.0. The average molecular weight is 245 g/mol. The van der Waals surface area contributed by atoms with Gasteiger partial charge in [0.05, 0.1) is 7.11 Å². The van der Waals surface area contributed by atoms with Gasteiger partial charge in [-0.3, -0.25) is 0 Å². The number of rotatable bonds is 1. The predicted octanol–water partition coefficient (Wildman–Crippen LogP) is 3.59. The van der Waals surface area contributed by atoms with E-state index in [9.17, 15) is 0 Å². The van der Waals surface area contributed by atoms with Crippen molar-refractivity contribution in [3.8, 4) is 5.75 Å². The van der Waals surface area contributed by atoms with Crippen LogP contribution in [0.3, 0.4) is 0 Å². The van der Waals surface area contributed by atoms with Crippen LogP contribution in [0.1, 0.15) is 18.2 Å². The maximum Gasteiger partial charge on any atom is 0.145 e. The van der Waals surface area contributed by atoms with E-state index in [0.29, 0.717) is 5.25 Å². The molecule has 0 amide bonds. The Hall–Kier alpha value is -1.22. The molecule has 1 aromatic heterocycles. The molecule has 88 valence electrons. The number of aromatic nitrogens is 1. The van der Waals surface area contributed by atoms with E-state index in [1.807, 2.05) is 23.9 Å². The summed E-state index contributed by atoms with van der Waals surface area (Å²) in [5.41, 5.74) is 3.56. The van der Waals surface area contributed by atoms with Crippen molar-refractivity contribution in [1.29, 1.82) is 0 Å². The predicted molar refractivity (Wildman–Crippen MR) is 72.1 cm³/mol. The zero-order valence-electron chi connectivity index (χ0n) is 10.3. The largest absolute Gasteiger partial charge is 0.494 e. The van der Waals surface area contributed by atoms with Gasteiger partial charge in [-0.1, -0.05) is 19.1 Å². The Balaban J connectivity index is 2.37. The highest BCUT2D eigenvalue weighted by Gasteiger charge is 2.24. The van der Waals surface area contributed by atoms with Crippen molar-refractivity contribution in [2.75, 3.05) is 7.11 Å². The van der Waals surface area contributed by atoms with E-state index < -0.39 is 0 Å². The van der Waals surface area contributed by atoms with Crippen molar-refractivity contribution in [3.05, 3.63) is 29.5 Å². The molecule has 0 radical (unpaired) electrons. The van der Waals surface area contributed by atoms with Crippen molar-refractivity contribution in [3.63, 3.8) is 0 Å². The van der Waals surface area contributed by atoms with Crippen molar-refractivity contribution in [2.45, 2.75) is 30.4 Å². The molecule has 0 N–H and O–H groups in total. The van der Waals surface area contributed by atoms with Crippen LogP contribution in [0.4, 0.5) is 0 Å². The highest BCUT2D eigenvalue weighted by atomic mass is 32.2. The van der Waals surface area contributed by atoms with Gasteiger partial charge < -0.3 is 4.74 Å². The van der Waals surface area contributed by atoms with Crippen LogP contribution in [0, 0.1) is 6.92 Å². The van der Waals surface area contributed by atoms with Gasteiger partial charge in [0.25, 0.3) is 0 Å². The van der Waals surface area contributed by atoms with E-state index in [0.717, 1.165) is 23.4 Å². The third kappa shape index (κ3) is 1.61. The lowest BCUT2D eigenvalue weighted by molar-refractivity contribution is 0.418. The van der Waals surface area contributed by atoms with Gasteiger partial charge in [0.15, 0.2) is 0 Å². The third-order valence-electron chi connectivity index (χ3n) is 3.26. The molecule has 0 fully saturated rings. The summed E-state index contributed by atoms with van der Waals surface area (Å²) in [5, 5.41) is 1.89. The first-order valence-corrected chi connectivity index (χ1v) is 6.71. The summed E-state index contributed by atoms with van der Waals surface area (Å²) >= 11 is 1.96. The highest BCUT2D eigenvalue weighted by molar-refractivity contribution is 8.00. The molecule has 1 atom stereocenters. The second-order valence-electron chi connectivity index (χ2n) is 4.49. The maximum atomic E-state index is 5.40. The molecule has 0 saturated heterocycles. The fraction of sp³-hybridized carbons (Fsp3) is 0.357. The quantitative estimate of drug-likeness (QED) is 0.766. The number of hydrogen-bond acceptors (Lipinski definition) is 3. The van der Waals surface area contributed by atoms with E-state index in [2.05, 4.69) is 19.9 Å². The van der Waals surface area contributed by atoms with E-state index in [4.69, 9.17) is 9.72 Å². The Morgan fingerprint density at radius 3 is 3.00 bits per heavy atom. The van der Waals surface area contributed by atoms with Crippen LogP contribution >= 0.6 is 11.8 Å². The molecule has 0 bridgehead atoms. The fourth-order valence-electron chi connectivity index (χ4n) is 2.45. The zero-order valence-corrected chi connectivity index (χ0v) is 11.1. The SMILES string of the molecule is COc1cccc2c3c(c(C)nc12)CC(C)S3. The Morgan fingerprint density at radius 2 is 2.24 bits per heavy atom. The normalized spacial score (nSPS) is 18.4. The van der Waals surface area contributed by atoms with Gasteiger partial charge in [-0.2, -0.15) is 0 Å². The lowest BCUT2D eigenvalue weighted by Gasteiger charge is -2.10. The van der Waals surface area contributed by atoms with E-state index in [-0.39, 0.29) is 0 Å². The smallest absolute Gasteiger partial charge is 0.145 e. The minimum atomic E-state index is 0.655. The average Bonchev–Trinajstić information content (AvgIpc) is 2.71. The summed E-state index contributed by atoms with van der Waals surface area (Å²) in [6, 6.07) is 6.17. The maximum absolute atomic E-state index is 5.40. The molecule has 1 aliphatic heterocycles. The van der Waals surface area contributed by atoms with Gasteiger partial charge in [0.2, 0.25) is 0 Å². The van der Waals surface area contributed by atoms with Crippen LogP contribution in [0.2, 0.25) is 0 Å². The van der Waals surface area contributed by atoms with Gasteiger partial charge in [-0.15, -0.1) is 11.8 Å². The number of pyridine rings is 1. The van der Waals surface area contributed by atoms with Gasteiger partial charge in [-0.05, 0) is 25.0 Å². The summed E-state index contributed by atoms with van der Waals surface area (Å²) < 4.78 is 5.40. The summed E-state index contributed by atoms with van der Waals surface area (Å²) in [7, 11) is 1.70. The van der Waals surface area contributed by atoms with Crippen LogP contribution in [-0.2, 0) is 6.42 Å². The minimum Gasteiger partial charge on any atom is -0.494 e. The van der Waals surface area contributed by atoms with Crippen LogP contribution < -0.4 is 4.74 Å². The Kier molecular flexibility index (Phi) is 2.51. The topological polar surface area (TPSA) is 22.1 Å². The van der Waals surface area contributed by atoms with Crippen molar-refractivity contribution >= 4 is 22.7 Å². The van der Waals surface area contributed by atoms with Gasteiger partial charge >= 0.3 is 0 Å². The number of nitrogens with zero attached hydrogens (tertiary/aromatic N) is 1. The first-order chi connectivity index (χ1) is 8.20. The number of benzene rings is 1. The van der Waals surface area contributed by atoms with Gasteiger partial charge in [0, 0.05) is 21.2 Å². The summed E-state index contributed by atoms with van der Waals surface area (Å²) in [5.74, 6) is 0.869. The van der Waals surface area contributed by atoms with Crippen LogP contribution in [0.15, 0.2) is 23.1 Å². The second kappa shape index (κ2) is 3.91. The lowest BCUT2D eigenvalue weighted by Crippen LogP contribution is -1.97. The Morgan fingerprint density at radius 1 is 1.41 bits per heavy atom. The molecule has 0 spiro atoms. The first kappa shape index (κ1) is 10.9. The molecule has 0 aliphatic carbocycles. The standard InChI is InChI=1S/C14H15NOS/c1-8-7-11-9(2)15-13-10(14(11)17-8)5-4-6-12(13)16-3/h4-6,8H,7H2,1-3H3. The number of methoxy groups -OCH3 is 1. The number of fused-ring (bicyclic) bond motifs is 3. The van der Waals surface area contributed by atoms with Crippen molar-refractivity contribution < 1.29 is 4.74 Å². The van der Waals surface area contributed by atoms with Crippen molar-refractivity contribution in [1.82, 2.24) is 4.98 Å². The third-order valence-corrected chi connectivity index (χ3v) is 4.54. The van der Waals surface area contributed by atoms with Crippen LogP contribution in [-0.4, -0.2) is 17.3 Å². The second-order valence-corrected chi connectivity index (χ2v) is 5.94. The summed E-state index contributed by atoms with van der Waals surface area (Å²) in [6.07, 6.45) is 1.13. The summed E-state index contributed by atoms with van der Waals surface area (Å²) in [6.45, 7) is 4.37. The molecule has 17 heavy (non-hydrogen) atoms. The van der Waals surface area contributed by atoms with Gasteiger partial charge in [0.1, 0.15) is 11.3 Å². The highest BCUT2D eigenvalue weighted by Crippen LogP contribution is 2.43. The molecule has 2 aromatic rings. The monoisotopic (exact) mass is 245 g/mol. The molecule has 0 saturated carbocycles. The number of ether oxygens (including phenoxy) is 1.